The molecule has 3 N–H and O–H groups in total. The van der Waals surface area contributed by atoms with Crippen molar-refractivity contribution >= 4 is 11.6 Å². The first-order valence-electron chi connectivity index (χ1n) is 6.71. The Kier molecular flexibility index (Phi) is 3.48. The number of nitrogens with two attached hydrogens (primary N) is 1. The summed E-state index contributed by atoms with van der Waals surface area (Å²) in [7, 11) is 0. The molecule has 0 saturated heterocycles. The molecule has 1 atom stereocenters. The zero-order chi connectivity index (χ0) is 14.8. The van der Waals surface area contributed by atoms with Crippen molar-refractivity contribution in [2.45, 2.75) is 12.5 Å². The fourth-order valence-corrected chi connectivity index (χ4v) is 2.44. The molecule has 108 valence electrons. The summed E-state index contributed by atoms with van der Waals surface area (Å²) in [6, 6.07) is 10.9. The summed E-state index contributed by atoms with van der Waals surface area (Å²) in [6.45, 7) is 0.640. The second-order valence-electron chi connectivity index (χ2n) is 4.93. The summed E-state index contributed by atoms with van der Waals surface area (Å²) in [5.74, 6) is -0.154. The smallest absolute Gasteiger partial charge is 0.244 e. The molecule has 0 spiro atoms. The highest BCUT2D eigenvalue weighted by Gasteiger charge is 2.21. The van der Waals surface area contributed by atoms with Gasteiger partial charge in [0, 0.05) is 6.42 Å². The van der Waals surface area contributed by atoms with Gasteiger partial charge in [-0.25, -0.2) is 4.39 Å². The molecule has 2 aromatic carbocycles. The van der Waals surface area contributed by atoms with Gasteiger partial charge in [-0.05, 0) is 35.4 Å². The van der Waals surface area contributed by atoms with Crippen molar-refractivity contribution in [3.05, 3.63) is 59.4 Å². The molecule has 1 unspecified atom stereocenters. The number of hydrogen-bond acceptors (Lipinski definition) is 3. The monoisotopic (exact) mass is 286 g/mol. The molecule has 0 radical (unpaired) electrons. The minimum absolute atomic E-state index is 0.248. The van der Waals surface area contributed by atoms with Gasteiger partial charge in [-0.1, -0.05) is 18.2 Å². The topological polar surface area (TPSA) is 64.4 Å². The van der Waals surface area contributed by atoms with Crippen LogP contribution < -0.4 is 15.8 Å². The van der Waals surface area contributed by atoms with E-state index in [-0.39, 0.29) is 5.69 Å². The number of para-hydroxylation sites is 1. The van der Waals surface area contributed by atoms with Gasteiger partial charge in [0.1, 0.15) is 17.6 Å². The fraction of sp³-hybridized carbons (Fsp3) is 0.188. The molecular weight excluding hydrogens is 271 g/mol. The van der Waals surface area contributed by atoms with E-state index in [9.17, 15) is 9.18 Å². The number of amides is 1. The maximum absolute atomic E-state index is 13.7. The van der Waals surface area contributed by atoms with Gasteiger partial charge in [0.05, 0.1) is 12.3 Å². The lowest BCUT2D eigenvalue weighted by Gasteiger charge is -2.18. The Hall–Kier alpha value is -2.56. The molecule has 1 aliphatic heterocycles. The molecule has 0 bridgehead atoms. The molecule has 1 heterocycles. The van der Waals surface area contributed by atoms with Crippen LogP contribution in [0.25, 0.3) is 0 Å². The highest BCUT2D eigenvalue weighted by molar-refractivity contribution is 5.84. The van der Waals surface area contributed by atoms with E-state index in [1.807, 2.05) is 12.1 Å². The number of anilines is 1. The van der Waals surface area contributed by atoms with Crippen LogP contribution in [0, 0.1) is 5.82 Å². The van der Waals surface area contributed by atoms with E-state index < -0.39 is 17.8 Å². The van der Waals surface area contributed by atoms with Crippen LogP contribution in [0.15, 0.2) is 42.5 Å². The third-order valence-electron chi connectivity index (χ3n) is 3.51. The molecule has 3 rings (SSSR count). The van der Waals surface area contributed by atoms with Crippen LogP contribution in [0.2, 0.25) is 0 Å². The number of rotatable bonds is 4. The van der Waals surface area contributed by atoms with Crippen molar-refractivity contribution in [2.75, 3.05) is 11.9 Å². The Morgan fingerprint density at radius 3 is 2.86 bits per heavy atom. The summed E-state index contributed by atoms with van der Waals surface area (Å²) in [4.78, 5) is 11.7. The lowest BCUT2D eigenvalue weighted by Crippen LogP contribution is -2.28. The predicted molar refractivity (Wildman–Crippen MR) is 77.6 cm³/mol. The van der Waals surface area contributed by atoms with Gasteiger partial charge in [0.2, 0.25) is 5.91 Å². The standard InChI is InChI=1S/C16H15FN2O2/c17-12-3-1-2-4-13(12)19-15(16(18)20)11-5-6-14-10(9-11)7-8-21-14/h1-6,9,15,19H,7-8H2,(H2,18,20). The molecule has 1 aliphatic rings. The number of carbonyl (C=O) groups excluding carboxylic acids is 1. The molecule has 0 saturated carbocycles. The second kappa shape index (κ2) is 5.44. The average Bonchev–Trinajstić information content (AvgIpc) is 2.93. The zero-order valence-corrected chi connectivity index (χ0v) is 11.3. The van der Waals surface area contributed by atoms with Crippen LogP contribution in [-0.4, -0.2) is 12.5 Å². The van der Waals surface area contributed by atoms with Crippen molar-refractivity contribution < 1.29 is 13.9 Å². The fourth-order valence-electron chi connectivity index (χ4n) is 2.44. The first-order valence-corrected chi connectivity index (χ1v) is 6.71. The van der Waals surface area contributed by atoms with Gasteiger partial charge in [-0.3, -0.25) is 4.79 Å². The van der Waals surface area contributed by atoms with Gasteiger partial charge < -0.3 is 15.8 Å². The minimum atomic E-state index is -0.784. The van der Waals surface area contributed by atoms with Crippen molar-refractivity contribution in [2.24, 2.45) is 5.73 Å². The predicted octanol–water partition coefficient (Wildman–Crippen LogP) is 2.40. The van der Waals surface area contributed by atoms with Crippen LogP contribution in [0.3, 0.4) is 0 Å². The summed E-state index contributed by atoms with van der Waals surface area (Å²) < 4.78 is 19.1. The highest BCUT2D eigenvalue weighted by atomic mass is 19.1. The first-order chi connectivity index (χ1) is 10.1. The molecule has 0 aromatic heterocycles. The normalized spacial score (nSPS) is 14.1. The van der Waals surface area contributed by atoms with Gasteiger partial charge in [-0.2, -0.15) is 0 Å². The van der Waals surface area contributed by atoms with Crippen molar-refractivity contribution in [3.8, 4) is 5.75 Å². The number of halogens is 1. The Balaban J connectivity index is 1.92. The van der Waals surface area contributed by atoms with Crippen molar-refractivity contribution in [3.63, 3.8) is 0 Å². The van der Waals surface area contributed by atoms with E-state index in [1.165, 1.54) is 6.07 Å². The molecule has 21 heavy (non-hydrogen) atoms. The van der Waals surface area contributed by atoms with Gasteiger partial charge >= 0.3 is 0 Å². The van der Waals surface area contributed by atoms with E-state index in [1.54, 1.807) is 24.3 Å². The number of hydrogen-bond donors (Lipinski definition) is 2. The van der Waals surface area contributed by atoms with Crippen LogP contribution in [-0.2, 0) is 11.2 Å². The lowest BCUT2D eigenvalue weighted by molar-refractivity contribution is -0.118. The molecule has 4 nitrogen and oxygen atoms in total. The summed E-state index contributed by atoms with van der Waals surface area (Å²) in [5.41, 5.74) is 7.44. The number of nitrogens with one attached hydrogen (secondary N) is 1. The Labute approximate surface area is 121 Å². The SMILES string of the molecule is NC(=O)C(Nc1ccccc1F)c1ccc2c(c1)CCO2. The van der Waals surface area contributed by atoms with Crippen LogP contribution >= 0.6 is 0 Å². The van der Waals surface area contributed by atoms with Crippen LogP contribution in [0.5, 0.6) is 5.75 Å². The van der Waals surface area contributed by atoms with E-state index in [0.717, 1.165) is 17.7 Å². The summed E-state index contributed by atoms with van der Waals surface area (Å²) in [6.07, 6.45) is 0.800. The molecule has 0 fully saturated rings. The molecule has 0 aliphatic carbocycles. The number of carbonyl (C=O) groups is 1. The van der Waals surface area contributed by atoms with E-state index in [4.69, 9.17) is 10.5 Å². The Bertz CT molecular complexity index is 688. The zero-order valence-electron chi connectivity index (χ0n) is 11.3. The summed E-state index contributed by atoms with van der Waals surface area (Å²) in [5, 5.41) is 2.86. The quantitative estimate of drug-likeness (QED) is 0.907. The third kappa shape index (κ3) is 2.67. The number of primary amides is 1. The van der Waals surface area contributed by atoms with Gasteiger partial charge in [0.25, 0.3) is 0 Å². The van der Waals surface area contributed by atoms with E-state index >= 15 is 0 Å². The Morgan fingerprint density at radius 1 is 1.29 bits per heavy atom. The van der Waals surface area contributed by atoms with Crippen molar-refractivity contribution in [1.82, 2.24) is 0 Å². The van der Waals surface area contributed by atoms with E-state index in [0.29, 0.717) is 12.2 Å². The largest absolute Gasteiger partial charge is 0.493 e. The number of benzene rings is 2. The van der Waals surface area contributed by atoms with Crippen molar-refractivity contribution in [1.29, 1.82) is 0 Å². The van der Waals surface area contributed by atoms with E-state index in [2.05, 4.69) is 5.32 Å². The van der Waals surface area contributed by atoms with Crippen LogP contribution in [0.1, 0.15) is 17.2 Å². The highest BCUT2D eigenvalue weighted by Crippen LogP contribution is 2.29. The average molecular weight is 286 g/mol. The Morgan fingerprint density at radius 2 is 2.10 bits per heavy atom. The maximum atomic E-state index is 13.7. The number of fused-ring (bicyclic) bond motifs is 1. The van der Waals surface area contributed by atoms with Gasteiger partial charge in [-0.15, -0.1) is 0 Å². The molecule has 5 heteroatoms. The van der Waals surface area contributed by atoms with Gasteiger partial charge in [0.15, 0.2) is 0 Å². The molecular formula is C16H15FN2O2. The molecule has 1 amide bonds. The number of ether oxygens (including phenoxy) is 1. The minimum Gasteiger partial charge on any atom is -0.493 e. The summed E-state index contributed by atoms with van der Waals surface area (Å²) >= 11 is 0. The molecule has 2 aromatic rings. The lowest BCUT2D eigenvalue weighted by atomic mass is 10.0. The second-order valence-corrected chi connectivity index (χ2v) is 4.93. The first kappa shape index (κ1) is 13.4. The third-order valence-corrected chi connectivity index (χ3v) is 3.51. The maximum Gasteiger partial charge on any atom is 0.244 e. The van der Waals surface area contributed by atoms with Crippen LogP contribution in [0.4, 0.5) is 10.1 Å².